The van der Waals surface area contributed by atoms with E-state index in [1.807, 2.05) is 6.07 Å². The van der Waals surface area contributed by atoms with Crippen LogP contribution in [0.3, 0.4) is 0 Å². The molecular weight excluding hydrogens is 256 g/mol. The van der Waals surface area contributed by atoms with E-state index in [1.165, 1.54) is 0 Å². The van der Waals surface area contributed by atoms with Gasteiger partial charge in [-0.25, -0.2) is 5.84 Å². The molecule has 6 heteroatoms. The van der Waals surface area contributed by atoms with Crippen molar-refractivity contribution in [3.8, 4) is 5.75 Å². The van der Waals surface area contributed by atoms with Crippen molar-refractivity contribution in [2.75, 3.05) is 39.3 Å². The number of nitrogens with two attached hydrogens (primary N) is 1. The van der Waals surface area contributed by atoms with E-state index in [2.05, 4.69) is 15.6 Å². The van der Waals surface area contributed by atoms with Gasteiger partial charge in [-0.1, -0.05) is 12.1 Å². The maximum absolute atomic E-state index is 11.6. The summed E-state index contributed by atoms with van der Waals surface area (Å²) in [6.45, 7) is 5.65. The maximum atomic E-state index is 11.6. The van der Waals surface area contributed by atoms with Crippen molar-refractivity contribution in [2.45, 2.75) is 6.42 Å². The average Bonchev–Trinajstić information content (AvgIpc) is 2.76. The summed E-state index contributed by atoms with van der Waals surface area (Å²) in [7, 11) is 0. The molecule has 1 fully saturated rings. The number of ether oxygens (including phenoxy) is 1. The Labute approximate surface area is 119 Å². The number of hydrazine groups is 1. The lowest BCUT2D eigenvalue weighted by Crippen LogP contribution is -2.32. The zero-order valence-electron chi connectivity index (χ0n) is 11.6. The molecule has 0 atom stereocenters. The highest BCUT2D eigenvalue weighted by Gasteiger charge is 2.12. The van der Waals surface area contributed by atoms with Crippen molar-refractivity contribution >= 4 is 5.91 Å². The van der Waals surface area contributed by atoms with Crippen molar-refractivity contribution in [3.63, 3.8) is 0 Å². The van der Waals surface area contributed by atoms with Crippen LogP contribution in [0.5, 0.6) is 5.75 Å². The quantitative estimate of drug-likeness (QED) is 0.400. The third-order valence-electron chi connectivity index (χ3n) is 3.36. The molecule has 1 saturated heterocycles. The Bertz CT molecular complexity index is 431. The molecule has 1 aliphatic heterocycles. The summed E-state index contributed by atoms with van der Waals surface area (Å²) in [5.41, 5.74) is 2.60. The van der Waals surface area contributed by atoms with Gasteiger partial charge in [0.2, 0.25) is 0 Å². The molecule has 110 valence electrons. The van der Waals surface area contributed by atoms with Gasteiger partial charge in [-0.2, -0.15) is 0 Å². The second-order valence-electron chi connectivity index (χ2n) is 4.76. The monoisotopic (exact) mass is 278 g/mol. The topological polar surface area (TPSA) is 79.6 Å². The number of nitrogens with one attached hydrogen (secondary N) is 2. The minimum absolute atomic E-state index is 0.334. The van der Waals surface area contributed by atoms with Crippen LogP contribution in [0.25, 0.3) is 0 Å². The predicted octanol–water partition coefficient (Wildman–Crippen LogP) is -0.0358. The molecular formula is C14H22N4O2. The summed E-state index contributed by atoms with van der Waals surface area (Å²) in [6, 6.07) is 7.12. The van der Waals surface area contributed by atoms with E-state index in [9.17, 15) is 4.79 Å². The van der Waals surface area contributed by atoms with Gasteiger partial charge in [0.05, 0.1) is 5.56 Å². The molecule has 0 aliphatic carbocycles. The van der Waals surface area contributed by atoms with Crippen molar-refractivity contribution < 1.29 is 9.53 Å². The average molecular weight is 278 g/mol. The van der Waals surface area contributed by atoms with Crippen LogP contribution < -0.4 is 21.3 Å². The minimum Gasteiger partial charge on any atom is -0.491 e. The molecule has 2 rings (SSSR count). The SMILES string of the molecule is NNC(=O)c1ccccc1OCCN1CCCNCC1. The first-order valence-electron chi connectivity index (χ1n) is 6.97. The van der Waals surface area contributed by atoms with Crippen LogP contribution in [-0.2, 0) is 0 Å². The minimum atomic E-state index is -0.334. The molecule has 0 aromatic heterocycles. The summed E-state index contributed by atoms with van der Waals surface area (Å²) >= 11 is 0. The van der Waals surface area contributed by atoms with Crippen molar-refractivity contribution in [3.05, 3.63) is 29.8 Å². The van der Waals surface area contributed by atoms with E-state index < -0.39 is 0 Å². The van der Waals surface area contributed by atoms with Gasteiger partial charge in [0, 0.05) is 19.6 Å². The molecule has 0 spiro atoms. The number of benzene rings is 1. The largest absolute Gasteiger partial charge is 0.491 e. The third kappa shape index (κ3) is 4.19. The molecule has 0 unspecified atom stereocenters. The van der Waals surface area contributed by atoms with E-state index in [0.717, 1.165) is 39.1 Å². The van der Waals surface area contributed by atoms with Crippen molar-refractivity contribution in [1.29, 1.82) is 0 Å². The van der Waals surface area contributed by atoms with E-state index >= 15 is 0 Å². The van der Waals surface area contributed by atoms with Gasteiger partial charge in [0.1, 0.15) is 12.4 Å². The van der Waals surface area contributed by atoms with Crippen molar-refractivity contribution in [1.82, 2.24) is 15.6 Å². The molecule has 1 aliphatic rings. The van der Waals surface area contributed by atoms with Crippen molar-refractivity contribution in [2.24, 2.45) is 5.84 Å². The van der Waals surface area contributed by atoms with Crippen LogP contribution in [-0.4, -0.2) is 50.1 Å². The highest BCUT2D eigenvalue weighted by Crippen LogP contribution is 2.17. The van der Waals surface area contributed by atoms with E-state index in [4.69, 9.17) is 10.6 Å². The molecule has 20 heavy (non-hydrogen) atoms. The molecule has 1 aromatic carbocycles. The molecule has 1 heterocycles. The van der Waals surface area contributed by atoms with Crippen LogP contribution in [0.1, 0.15) is 16.8 Å². The number of para-hydroxylation sites is 1. The summed E-state index contributed by atoms with van der Waals surface area (Å²) in [5, 5.41) is 3.37. The summed E-state index contributed by atoms with van der Waals surface area (Å²) in [6.07, 6.45) is 1.16. The molecule has 6 nitrogen and oxygen atoms in total. The number of carbonyl (C=O) groups excluding carboxylic acids is 1. The number of rotatable bonds is 5. The lowest BCUT2D eigenvalue weighted by atomic mass is 10.2. The highest BCUT2D eigenvalue weighted by atomic mass is 16.5. The highest BCUT2D eigenvalue weighted by molar-refractivity contribution is 5.96. The summed E-state index contributed by atoms with van der Waals surface area (Å²) in [5.74, 6) is 5.40. The maximum Gasteiger partial charge on any atom is 0.268 e. The normalized spacial score (nSPS) is 16.4. The van der Waals surface area contributed by atoms with Crippen LogP contribution in [0.4, 0.5) is 0 Å². The Hall–Kier alpha value is -1.63. The van der Waals surface area contributed by atoms with Gasteiger partial charge in [0.25, 0.3) is 5.91 Å². The molecule has 0 saturated carbocycles. The van der Waals surface area contributed by atoms with Crippen LogP contribution in [0.2, 0.25) is 0 Å². The zero-order chi connectivity index (χ0) is 14.2. The van der Waals surface area contributed by atoms with Crippen LogP contribution in [0.15, 0.2) is 24.3 Å². The number of carbonyl (C=O) groups is 1. The molecule has 0 bridgehead atoms. The standard InChI is InChI=1S/C14H22N4O2/c15-17-14(19)12-4-1-2-5-13(12)20-11-10-18-8-3-6-16-7-9-18/h1-2,4-5,16H,3,6-11,15H2,(H,17,19). The van der Waals surface area contributed by atoms with Crippen LogP contribution in [0, 0.1) is 0 Å². The van der Waals surface area contributed by atoms with E-state index in [0.29, 0.717) is 17.9 Å². The first-order valence-corrected chi connectivity index (χ1v) is 6.97. The number of nitrogen functional groups attached to an aromatic ring is 1. The Balaban J connectivity index is 1.85. The second-order valence-corrected chi connectivity index (χ2v) is 4.76. The predicted molar refractivity (Wildman–Crippen MR) is 77.5 cm³/mol. The zero-order valence-corrected chi connectivity index (χ0v) is 11.6. The van der Waals surface area contributed by atoms with E-state index in [1.54, 1.807) is 18.2 Å². The van der Waals surface area contributed by atoms with Gasteiger partial charge in [0.15, 0.2) is 0 Å². The molecule has 1 amide bonds. The van der Waals surface area contributed by atoms with Gasteiger partial charge >= 0.3 is 0 Å². The van der Waals surface area contributed by atoms with Gasteiger partial charge in [-0.05, 0) is 31.6 Å². The molecule has 1 aromatic rings. The fraction of sp³-hybridized carbons (Fsp3) is 0.500. The molecule has 4 N–H and O–H groups in total. The number of amides is 1. The van der Waals surface area contributed by atoms with Crippen LogP contribution >= 0.6 is 0 Å². The summed E-state index contributed by atoms with van der Waals surface area (Å²) in [4.78, 5) is 14.0. The smallest absolute Gasteiger partial charge is 0.268 e. The second kappa shape index (κ2) is 7.84. The van der Waals surface area contributed by atoms with Gasteiger partial charge in [-0.3, -0.25) is 15.1 Å². The third-order valence-corrected chi connectivity index (χ3v) is 3.36. The Morgan fingerprint density at radius 2 is 2.20 bits per heavy atom. The molecule has 0 radical (unpaired) electrons. The van der Waals surface area contributed by atoms with Gasteiger partial charge < -0.3 is 10.1 Å². The Morgan fingerprint density at radius 1 is 1.35 bits per heavy atom. The Kier molecular flexibility index (Phi) is 5.79. The van der Waals surface area contributed by atoms with Gasteiger partial charge in [-0.15, -0.1) is 0 Å². The lowest BCUT2D eigenvalue weighted by molar-refractivity contribution is 0.0949. The fourth-order valence-corrected chi connectivity index (χ4v) is 2.27. The van der Waals surface area contributed by atoms with E-state index in [-0.39, 0.29) is 5.91 Å². The number of nitrogens with zero attached hydrogens (tertiary/aromatic N) is 1. The first-order chi connectivity index (χ1) is 9.81. The first kappa shape index (κ1) is 14.8. The summed E-state index contributed by atoms with van der Waals surface area (Å²) < 4.78 is 5.73. The fourth-order valence-electron chi connectivity index (χ4n) is 2.27. The lowest BCUT2D eigenvalue weighted by Gasteiger charge is -2.19. The number of hydrogen-bond donors (Lipinski definition) is 3. The number of hydrogen-bond acceptors (Lipinski definition) is 5. The Morgan fingerprint density at radius 3 is 3.05 bits per heavy atom.